The van der Waals surface area contributed by atoms with E-state index in [0.29, 0.717) is 37.2 Å². The summed E-state index contributed by atoms with van der Waals surface area (Å²) in [5.74, 6) is -1.29. The van der Waals surface area contributed by atoms with E-state index in [1.165, 1.54) is 0 Å². The molecule has 29 heavy (non-hydrogen) atoms. The summed E-state index contributed by atoms with van der Waals surface area (Å²) in [6, 6.07) is 16.6. The van der Waals surface area contributed by atoms with Gasteiger partial charge in [0.15, 0.2) is 0 Å². The molecule has 1 saturated heterocycles. The number of amides is 2. The maximum absolute atomic E-state index is 13.0. The number of piperidine rings is 1. The Hall–Kier alpha value is -3.03. The molecule has 2 aromatic carbocycles. The minimum absolute atomic E-state index is 0.168. The zero-order chi connectivity index (χ0) is 20.9. The molecule has 8 heteroatoms. The molecule has 0 radical (unpaired) electrons. The van der Waals surface area contributed by atoms with E-state index in [-0.39, 0.29) is 5.91 Å². The smallest absolute Gasteiger partial charge is 0.355 e. The van der Waals surface area contributed by atoms with Crippen LogP contribution >= 0.6 is 0 Å². The molecule has 154 valence electrons. The molecule has 1 aliphatic rings. The van der Waals surface area contributed by atoms with Crippen molar-refractivity contribution in [2.75, 3.05) is 25.0 Å². The van der Waals surface area contributed by atoms with Gasteiger partial charge in [0.1, 0.15) is 6.54 Å². The monoisotopic (exact) mass is 405 g/mol. The van der Waals surface area contributed by atoms with Crippen LogP contribution in [0.3, 0.4) is 0 Å². The van der Waals surface area contributed by atoms with Crippen LogP contribution in [0.15, 0.2) is 54.6 Å². The summed E-state index contributed by atoms with van der Waals surface area (Å²) in [4.78, 5) is 26.5. The van der Waals surface area contributed by atoms with E-state index in [4.69, 9.17) is 0 Å². The van der Waals surface area contributed by atoms with E-state index in [1.807, 2.05) is 47.8 Å². The van der Waals surface area contributed by atoms with Crippen LogP contribution in [0, 0.1) is 5.92 Å². The highest BCUT2D eigenvalue weighted by Gasteiger charge is 2.32. The van der Waals surface area contributed by atoms with E-state index in [2.05, 4.69) is 5.32 Å². The summed E-state index contributed by atoms with van der Waals surface area (Å²) in [6.07, 6.45) is -3.75. The predicted octanol–water partition coefficient (Wildman–Crippen LogP) is 3.96. The summed E-state index contributed by atoms with van der Waals surface area (Å²) in [5, 5.41) is 5.16. The van der Waals surface area contributed by atoms with Crippen LogP contribution in [0.2, 0.25) is 0 Å². The van der Waals surface area contributed by atoms with Gasteiger partial charge < -0.3 is 15.5 Å². The van der Waals surface area contributed by atoms with Gasteiger partial charge in [0, 0.05) is 24.7 Å². The number of nitrogens with one attached hydrogen (secondary N) is 2. The Morgan fingerprint density at radius 1 is 0.966 bits per heavy atom. The molecule has 1 fully saturated rings. The number of nitrogens with zero attached hydrogens (tertiary/aromatic N) is 1. The van der Waals surface area contributed by atoms with Crippen molar-refractivity contribution in [2.24, 2.45) is 5.92 Å². The third kappa shape index (κ3) is 5.73. The van der Waals surface area contributed by atoms with Gasteiger partial charge in [0.25, 0.3) is 5.91 Å². The standard InChI is InChI=1S/C21H22F3N3O2/c22-21(23,24)14-25-19(28)15-10-12-27(13-11-15)20(29)17-8-4-5-9-18(17)26-16-6-2-1-3-7-16/h1-9,15,26H,10-14H2,(H,25,28). The van der Waals surface area contributed by atoms with E-state index in [9.17, 15) is 22.8 Å². The third-order valence-corrected chi connectivity index (χ3v) is 4.83. The fourth-order valence-electron chi connectivity index (χ4n) is 3.30. The van der Waals surface area contributed by atoms with Crippen LogP contribution in [0.25, 0.3) is 0 Å². The number of likely N-dealkylation sites (tertiary alicyclic amines) is 1. The first-order chi connectivity index (χ1) is 13.8. The van der Waals surface area contributed by atoms with Gasteiger partial charge >= 0.3 is 6.18 Å². The van der Waals surface area contributed by atoms with Crippen molar-refractivity contribution < 1.29 is 22.8 Å². The molecular weight excluding hydrogens is 383 g/mol. The molecule has 1 heterocycles. The summed E-state index contributed by atoms with van der Waals surface area (Å²) in [6.45, 7) is -0.686. The Labute approximate surface area is 166 Å². The average Bonchev–Trinajstić information content (AvgIpc) is 2.72. The van der Waals surface area contributed by atoms with Crippen molar-refractivity contribution in [3.63, 3.8) is 0 Å². The summed E-state index contributed by atoms with van der Waals surface area (Å²) in [5.41, 5.74) is 2.04. The second-order valence-corrected chi connectivity index (χ2v) is 6.94. The van der Waals surface area contributed by atoms with Crippen molar-refractivity contribution in [2.45, 2.75) is 19.0 Å². The Kier molecular flexibility index (Phi) is 6.41. The molecule has 0 unspecified atom stereocenters. The number of carbonyl (C=O) groups is 2. The third-order valence-electron chi connectivity index (χ3n) is 4.83. The Morgan fingerprint density at radius 3 is 2.24 bits per heavy atom. The van der Waals surface area contributed by atoms with Crippen LogP contribution in [-0.4, -0.2) is 42.5 Å². The molecule has 5 nitrogen and oxygen atoms in total. The zero-order valence-electron chi connectivity index (χ0n) is 15.7. The topological polar surface area (TPSA) is 61.4 Å². The number of para-hydroxylation sites is 2. The number of hydrogen-bond donors (Lipinski definition) is 2. The van der Waals surface area contributed by atoms with Gasteiger partial charge in [-0.2, -0.15) is 13.2 Å². The lowest BCUT2D eigenvalue weighted by Gasteiger charge is -2.32. The molecule has 0 aromatic heterocycles. The molecule has 0 aliphatic carbocycles. The second kappa shape index (κ2) is 8.98. The molecule has 1 aliphatic heterocycles. The highest BCUT2D eigenvalue weighted by atomic mass is 19.4. The first-order valence-electron chi connectivity index (χ1n) is 9.38. The Morgan fingerprint density at radius 2 is 1.59 bits per heavy atom. The van der Waals surface area contributed by atoms with Crippen molar-refractivity contribution in [1.82, 2.24) is 10.2 Å². The molecule has 0 atom stereocenters. The van der Waals surface area contributed by atoms with Crippen molar-refractivity contribution in [1.29, 1.82) is 0 Å². The normalized spacial score (nSPS) is 15.1. The Bertz CT molecular complexity index is 848. The fourth-order valence-corrected chi connectivity index (χ4v) is 3.30. The number of rotatable bonds is 5. The summed E-state index contributed by atoms with van der Waals surface area (Å²) < 4.78 is 36.8. The number of halogens is 3. The van der Waals surface area contributed by atoms with E-state index in [1.54, 1.807) is 17.0 Å². The number of hydrogen-bond acceptors (Lipinski definition) is 3. The number of benzene rings is 2. The molecule has 0 bridgehead atoms. The second-order valence-electron chi connectivity index (χ2n) is 6.94. The lowest BCUT2D eigenvalue weighted by atomic mass is 9.95. The highest BCUT2D eigenvalue weighted by Crippen LogP contribution is 2.25. The molecular formula is C21H22F3N3O2. The van der Waals surface area contributed by atoms with Gasteiger partial charge in [-0.15, -0.1) is 0 Å². The van der Waals surface area contributed by atoms with Gasteiger partial charge in [-0.25, -0.2) is 0 Å². The number of alkyl halides is 3. The molecule has 2 aromatic rings. The molecule has 2 amide bonds. The molecule has 3 rings (SSSR count). The van der Waals surface area contributed by atoms with Gasteiger partial charge in [0.05, 0.1) is 11.3 Å². The minimum atomic E-state index is -4.43. The lowest BCUT2D eigenvalue weighted by molar-refractivity contribution is -0.141. The van der Waals surface area contributed by atoms with Crippen LogP contribution in [0.1, 0.15) is 23.2 Å². The maximum atomic E-state index is 13.0. The summed E-state index contributed by atoms with van der Waals surface area (Å²) in [7, 11) is 0. The Balaban J connectivity index is 1.61. The lowest BCUT2D eigenvalue weighted by Crippen LogP contribution is -2.44. The first-order valence-corrected chi connectivity index (χ1v) is 9.38. The van der Waals surface area contributed by atoms with E-state index < -0.39 is 24.5 Å². The van der Waals surface area contributed by atoms with Crippen molar-refractivity contribution in [3.8, 4) is 0 Å². The van der Waals surface area contributed by atoms with E-state index >= 15 is 0 Å². The number of carbonyl (C=O) groups excluding carboxylic acids is 2. The van der Waals surface area contributed by atoms with Gasteiger partial charge in [-0.05, 0) is 37.1 Å². The highest BCUT2D eigenvalue weighted by molar-refractivity contribution is 6.00. The number of anilines is 2. The minimum Gasteiger partial charge on any atom is -0.355 e. The molecule has 2 N–H and O–H groups in total. The maximum Gasteiger partial charge on any atom is 0.405 e. The molecule has 0 saturated carbocycles. The van der Waals surface area contributed by atoms with E-state index in [0.717, 1.165) is 5.69 Å². The quantitative estimate of drug-likeness (QED) is 0.792. The SMILES string of the molecule is O=C(NCC(F)(F)F)C1CCN(C(=O)c2ccccc2Nc2ccccc2)CC1. The van der Waals surface area contributed by atoms with Crippen molar-refractivity contribution in [3.05, 3.63) is 60.2 Å². The first kappa shape index (κ1) is 20.7. The fraction of sp³-hybridized carbons (Fsp3) is 0.333. The van der Waals surface area contributed by atoms with Crippen LogP contribution < -0.4 is 10.6 Å². The average molecular weight is 405 g/mol. The van der Waals surface area contributed by atoms with Crippen LogP contribution in [-0.2, 0) is 4.79 Å². The van der Waals surface area contributed by atoms with Crippen LogP contribution in [0.4, 0.5) is 24.5 Å². The largest absolute Gasteiger partial charge is 0.405 e. The van der Waals surface area contributed by atoms with Crippen molar-refractivity contribution >= 4 is 23.2 Å². The zero-order valence-corrected chi connectivity index (χ0v) is 15.7. The van der Waals surface area contributed by atoms with Gasteiger partial charge in [-0.1, -0.05) is 30.3 Å². The van der Waals surface area contributed by atoms with Gasteiger partial charge in [-0.3, -0.25) is 9.59 Å². The van der Waals surface area contributed by atoms with Gasteiger partial charge in [0.2, 0.25) is 5.91 Å². The summed E-state index contributed by atoms with van der Waals surface area (Å²) >= 11 is 0. The molecule has 0 spiro atoms. The predicted molar refractivity (Wildman–Crippen MR) is 104 cm³/mol. The van der Waals surface area contributed by atoms with Crippen LogP contribution in [0.5, 0.6) is 0 Å².